The Hall–Kier alpha value is -4.59. The van der Waals surface area contributed by atoms with Crippen molar-refractivity contribution in [2.75, 3.05) is 6.61 Å². The molecule has 0 aromatic heterocycles. The molecular formula is C32H26F3NO4. The lowest BCUT2D eigenvalue weighted by atomic mass is 9.95. The van der Waals surface area contributed by atoms with Gasteiger partial charge in [0.05, 0.1) is 12.5 Å². The predicted molar refractivity (Wildman–Crippen MR) is 143 cm³/mol. The molecule has 40 heavy (non-hydrogen) atoms. The van der Waals surface area contributed by atoms with Crippen molar-refractivity contribution in [2.45, 2.75) is 31.7 Å². The number of carbonyl (C=O) groups excluding carboxylic acids is 2. The quantitative estimate of drug-likeness (QED) is 0.237. The Morgan fingerprint density at radius 1 is 0.850 bits per heavy atom. The highest BCUT2D eigenvalue weighted by Crippen LogP contribution is 2.42. The van der Waals surface area contributed by atoms with Crippen molar-refractivity contribution in [3.8, 4) is 16.9 Å². The van der Waals surface area contributed by atoms with Crippen molar-refractivity contribution < 1.29 is 32.2 Å². The lowest BCUT2D eigenvalue weighted by Crippen LogP contribution is -2.41. The van der Waals surface area contributed by atoms with Gasteiger partial charge in [-0.1, -0.05) is 91.0 Å². The van der Waals surface area contributed by atoms with E-state index in [1.165, 1.54) is 12.1 Å². The molecule has 5 nitrogen and oxygen atoms in total. The Morgan fingerprint density at radius 2 is 1.45 bits per heavy atom. The predicted octanol–water partition coefficient (Wildman–Crippen LogP) is 7.08. The molecule has 0 N–H and O–H groups in total. The second-order valence-electron chi connectivity index (χ2n) is 9.51. The summed E-state index contributed by atoms with van der Waals surface area (Å²) < 4.78 is 54.5. The van der Waals surface area contributed by atoms with Gasteiger partial charge in [0.15, 0.2) is 0 Å². The number of benzene rings is 4. The monoisotopic (exact) mass is 545 g/mol. The number of halogens is 3. The molecule has 5 rings (SSSR count). The molecular weight excluding hydrogens is 519 g/mol. The number of ether oxygens (including phenoxy) is 2. The van der Waals surface area contributed by atoms with Crippen molar-refractivity contribution in [3.05, 3.63) is 125 Å². The number of amides is 2. The van der Waals surface area contributed by atoms with Crippen LogP contribution in [0.1, 0.15) is 22.3 Å². The lowest BCUT2D eigenvalue weighted by Gasteiger charge is -2.23. The molecule has 4 aromatic rings. The Labute approximate surface area is 229 Å². The molecule has 1 saturated heterocycles. The van der Waals surface area contributed by atoms with Crippen molar-refractivity contribution in [1.82, 2.24) is 4.90 Å². The summed E-state index contributed by atoms with van der Waals surface area (Å²) in [6, 6.07) is 29.0. The average molecular weight is 546 g/mol. The lowest BCUT2D eigenvalue weighted by molar-refractivity contribution is -0.140. The first-order valence-electron chi connectivity index (χ1n) is 12.8. The number of nitrogens with zero attached hydrogens (tertiary/aromatic N) is 1. The van der Waals surface area contributed by atoms with E-state index in [2.05, 4.69) is 0 Å². The minimum Gasteiger partial charge on any atom is -0.488 e. The number of hydrogen-bond donors (Lipinski definition) is 0. The first-order chi connectivity index (χ1) is 19.3. The number of alkyl halides is 3. The molecule has 0 bridgehead atoms. The molecule has 1 fully saturated rings. The van der Waals surface area contributed by atoms with Crippen LogP contribution in [0.25, 0.3) is 11.1 Å². The van der Waals surface area contributed by atoms with Crippen LogP contribution < -0.4 is 4.74 Å². The molecule has 1 aliphatic heterocycles. The first-order valence-corrected chi connectivity index (χ1v) is 12.8. The fraction of sp³-hybridized carbons (Fsp3) is 0.188. The number of hydrogen-bond acceptors (Lipinski definition) is 4. The van der Waals surface area contributed by atoms with Gasteiger partial charge >= 0.3 is 12.3 Å². The summed E-state index contributed by atoms with van der Waals surface area (Å²) in [5, 5.41) is 0. The van der Waals surface area contributed by atoms with E-state index in [-0.39, 0.29) is 24.5 Å². The van der Waals surface area contributed by atoms with Gasteiger partial charge < -0.3 is 9.47 Å². The third kappa shape index (κ3) is 6.17. The zero-order chi connectivity index (χ0) is 28.1. The Balaban J connectivity index is 1.51. The Morgan fingerprint density at radius 3 is 2.08 bits per heavy atom. The molecule has 1 atom stereocenters. The summed E-state index contributed by atoms with van der Waals surface area (Å²) in [6.45, 7) is -0.117. The van der Waals surface area contributed by atoms with Crippen molar-refractivity contribution in [3.63, 3.8) is 0 Å². The molecule has 204 valence electrons. The SMILES string of the molecule is O=C(Cc1cc(-c2ccccc2)cc(OCc2ccccc2)c1C(F)(F)F)N1C(=O)OCC1Cc1ccccc1. The third-order valence-corrected chi connectivity index (χ3v) is 6.70. The highest BCUT2D eigenvalue weighted by atomic mass is 19.4. The molecule has 0 saturated carbocycles. The van der Waals surface area contributed by atoms with Crippen LogP contribution in [0.4, 0.5) is 18.0 Å². The van der Waals surface area contributed by atoms with Gasteiger partial charge in [-0.3, -0.25) is 4.79 Å². The van der Waals surface area contributed by atoms with Gasteiger partial charge in [-0.15, -0.1) is 0 Å². The van der Waals surface area contributed by atoms with E-state index in [0.717, 1.165) is 10.5 Å². The van der Waals surface area contributed by atoms with E-state index in [4.69, 9.17) is 9.47 Å². The number of cyclic esters (lactones) is 1. The zero-order valence-corrected chi connectivity index (χ0v) is 21.4. The maximum Gasteiger partial charge on any atom is 0.420 e. The second kappa shape index (κ2) is 11.7. The van der Waals surface area contributed by atoms with E-state index in [1.54, 1.807) is 60.7 Å². The minimum atomic E-state index is -4.81. The van der Waals surface area contributed by atoms with E-state index in [9.17, 15) is 22.8 Å². The molecule has 0 aliphatic carbocycles. The summed E-state index contributed by atoms with van der Waals surface area (Å²) in [4.78, 5) is 26.9. The van der Waals surface area contributed by atoms with Gasteiger partial charge in [0.25, 0.3) is 0 Å². The molecule has 0 radical (unpaired) electrons. The molecule has 2 amide bonds. The molecule has 4 aromatic carbocycles. The maximum absolute atomic E-state index is 14.5. The van der Waals surface area contributed by atoms with Crippen molar-refractivity contribution in [1.29, 1.82) is 0 Å². The topological polar surface area (TPSA) is 55.8 Å². The summed E-state index contributed by atoms with van der Waals surface area (Å²) >= 11 is 0. The minimum absolute atomic E-state index is 0.0267. The standard InChI is InChI=1S/C32H26F3NO4/c33-32(34,35)30-26(19-29(37)36-27(21-40-31(36)38)16-22-10-4-1-5-11-22)17-25(24-14-8-3-9-15-24)18-28(30)39-20-23-12-6-2-7-13-23/h1-15,17-18,27H,16,19-21H2. The van der Waals surface area contributed by atoms with Gasteiger partial charge in [0.2, 0.25) is 5.91 Å². The molecule has 8 heteroatoms. The fourth-order valence-corrected chi connectivity index (χ4v) is 4.83. The van der Waals surface area contributed by atoms with Crippen LogP contribution in [0.15, 0.2) is 103 Å². The van der Waals surface area contributed by atoms with Crippen LogP contribution in [0.5, 0.6) is 5.75 Å². The molecule has 0 spiro atoms. The van der Waals surface area contributed by atoms with Gasteiger partial charge in [-0.2, -0.15) is 13.2 Å². The van der Waals surface area contributed by atoms with Crippen LogP contribution >= 0.6 is 0 Å². The summed E-state index contributed by atoms with van der Waals surface area (Å²) in [5.74, 6) is -1.15. The fourth-order valence-electron chi connectivity index (χ4n) is 4.83. The molecule has 1 unspecified atom stereocenters. The number of carbonyl (C=O) groups is 2. The van der Waals surface area contributed by atoms with Gasteiger partial charge in [-0.05, 0) is 46.4 Å². The van der Waals surface area contributed by atoms with Gasteiger partial charge in [-0.25, -0.2) is 9.69 Å². The van der Waals surface area contributed by atoms with E-state index >= 15 is 0 Å². The second-order valence-corrected chi connectivity index (χ2v) is 9.51. The number of imide groups is 1. The average Bonchev–Trinajstić information content (AvgIpc) is 3.32. The van der Waals surface area contributed by atoms with Crippen molar-refractivity contribution in [2.24, 2.45) is 0 Å². The Bertz CT molecular complexity index is 1480. The molecule has 1 aliphatic rings. The number of rotatable bonds is 8. The third-order valence-electron chi connectivity index (χ3n) is 6.70. The van der Waals surface area contributed by atoms with Crippen LogP contribution in [0.2, 0.25) is 0 Å². The Kier molecular flexibility index (Phi) is 7.86. The van der Waals surface area contributed by atoms with Crippen molar-refractivity contribution >= 4 is 12.0 Å². The van der Waals surface area contributed by atoms with Crippen LogP contribution in [0.3, 0.4) is 0 Å². The summed E-state index contributed by atoms with van der Waals surface area (Å²) in [7, 11) is 0. The van der Waals surface area contributed by atoms with Crippen LogP contribution in [-0.2, 0) is 35.2 Å². The smallest absolute Gasteiger partial charge is 0.420 e. The highest BCUT2D eigenvalue weighted by Gasteiger charge is 2.41. The van der Waals surface area contributed by atoms with E-state index in [0.29, 0.717) is 23.1 Å². The van der Waals surface area contributed by atoms with Gasteiger partial charge in [0, 0.05) is 0 Å². The first kappa shape index (κ1) is 27.0. The van der Waals surface area contributed by atoms with Gasteiger partial charge in [0.1, 0.15) is 24.5 Å². The van der Waals surface area contributed by atoms with E-state index in [1.807, 2.05) is 30.3 Å². The van der Waals surface area contributed by atoms with Crippen LogP contribution in [-0.4, -0.2) is 29.5 Å². The maximum atomic E-state index is 14.5. The normalized spacial score (nSPS) is 15.1. The molecule has 1 heterocycles. The summed E-state index contributed by atoms with van der Waals surface area (Å²) in [5.41, 5.74) is 1.38. The largest absolute Gasteiger partial charge is 0.488 e. The summed E-state index contributed by atoms with van der Waals surface area (Å²) in [6.07, 6.45) is -6.00. The van der Waals surface area contributed by atoms with Crippen LogP contribution in [0, 0.1) is 0 Å². The zero-order valence-electron chi connectivity index (χ0n) is 21.4. The highest BCUT2D eigenvalue weighted by molar-refractivity contribution is 5.95. The van der Waals surface area contributed by atoms with E-state index < -0.39 is 36.2 Å².